The molecule has 0 spiro atoms. The van der Waals surface area contributed by atoms with Crippen molar-refractivity contribution >= 4 is 10.0 Å². The summed E-state index contributed by atoms with van der Waals surface area (Å²) in [6, 6.07) is 5.89. The zero-order valence-electron chi connectivity index (χ0n) is 13.6. The van der Waals surface area contributed by atoms with Gasteiger partial charge >= 0.3 is 0 Å². The van der Waals surface area contributed by atoms with Crippen molar-refractivity contribution in [2.24, 2.45) is 5.73 Å². The second-order valence-electron chi connectivity index (χ2n) is 6.19. The highest BCUT2D eigenvalue weighted by molar-refractivity contribution is 7.88. The minimum Gasteiger partial charge on any atom is -0.326 e. The van der Waals surface area contributed by atoms with Gasteiger partial charge in [-0.05, 0) is 42.4 Å². The van der Waals surface area contributed by atoms with Crippen LogP contribution in [0.1, 0.15) is 56.2 Å². The molecule has 2 atom stereocenters. The summed E-state index contributed by atoms with van der Waals surface area (Å²) in [4.78, 5) is 0. The second kappa shape index (κ2) is 7.57. The smallest absolute Gasteiger partial charge is 0.216 e. The lowest BCUT2D eigenvalue weighted by Crippen LogP contribution is -2.49. The molecule has 2 rings (SSSR count). The number of nitrogens with two attached hydrogens (primary N) is 1. The molecule has 0 saturated heterocycles. The second-order valence-corrected chi connectivity index (χ2v) is 7.95. The summed E-state index contributed by atoms with van der Waals surface area (Å²) in [5.74, 6) is 0.0589. The van der Waals surface area contributed by atoms with E-state index in [1.165, 1.54) is 0 Å². The van der Waals surface area contributed by atoms with Crippen LogP contribution in [0.2, 0.25) is 0 Å². The zero-order chi connectivity index (χ0) is 16.2. The molecule has 4 nitrogen and oxygen atoms in total. The molecular formula is C17H28N2O2S. The van der Waals surface area contributed by atoms with Gasteiger partial charge in [0.1, 0.15) is 0 Å². The molecular weight excluding hydrogens is 296 g/mol. The topological polar surface area (TPSA) is 72.2 Å². The first-order chi connectivity index (χ1) is 10.5. The van der Waals surface area contributed by atoms with Gasteiger partial charge in [-0.15, -0.1) is 0 Å². The van der Waals surface area contributed by atoms with E-state index in [2.05, 4.69) is 18.6 Å². The molecule has 1 fully saturated rings. The van der Waals surface area contributed by atoms with Gasteiger partial charge in [-0.2, -0.15) is 0 Å². The van der Waals surface area contributed by atoms with Crippen LogP contribution in [0, 0.1) is 0 Å². The molecule has 0 radical (unpaired) electrons. The van der Waals surface area contributed by atoms with Crippen molar-refractivity contribution in [1.29, 1.82) is 0 Å². The number of hydrogen-bond acceptors (Lipinski definition) is 3. The summed E-state index contributed by atoms with van der Waals surface area (Å²) in [7, 11) is -3.36. The van der Waals surface area contributed by atoms with Gasteiger partial charge in [-0.1, -0.05) is 44.9 Å². The van der Waals surface area contributed by atoms with Crippen LogP contribution in [-0.4, -0.2) is 20.5 Å². The highest BCUT2D eigenvalue weighted by atomic mass is 32.2. The third-order valence-corrected chi connectivity index (χ3v) is 5.95. The van der Waals surface area contributed by atoms with E-state index in [4.69, 9.17) is 5.73 Å². The molecule has 0 amide bonds. The summed E-state index contributed by atoms with van der Waals surface area (Å²) in [5.41, 5.74) is 9.27. The molecule has 1 aromatic carbocycles. The van der Waals surface area contributed by atoms with E-state index >= 15 is 0 Å². The van der Waals surface area contributed by atoms with Crippen LogP contribution in [0.5, 0.6) is 0 Å². The maximum Gasteiger partial charge on any atom is 0.216 e. The molecule has 2 unspecified atom stereocenters. The largest absolute Gasteiger partial charge is 0.326 e. The Morgan fingerprint density at radius 2 is 1.73 bits per heavy atom. The number of benzene rings is 1. The van der Waals surface area contributed by atoms with Gasteiger partial charge in [-0.25, -0.2) is 13.1 Å². The molecule has 1 aliphatic rings. The number of nitrogens with one attached hydrogen (secondary N) is 1. The summed E-state index contributed by atoms with van der Waals surface area (Å²) in [6.07, 6.45) is 5.59. The molecule has 1 aliphatic carbocycles. The molecule has 3 N–H and O–H groups in total. The van der Waals surface area contributed by atoms with Gasteiger partial charge in [0.05, 0.1) is 5.75 Å². The summed E-state index contributed by atoms with van der Waals surface area (Å²) >= 11 is 0. The number of sulfonamides is 1. The van der Waals surface area contributed by atoms with Gasteiger partial charge in [-0.3, -0.25) is 0 Å². The lowest BCUT2D eigenvalue weighted by Gasteiger charge is -2.29. The van der Waals surface area contributed by atoms with Crippen molar-refractivity contribution in [2.45, 2.75) is 70.2 Å². The van der Waals surface area contributed by atoms with E-state index < -0.39 is 10.0 Å². The Kier molecular flexibility index (Phi) is 6.01. The van der Waals surface area contributed by atoms with Crippen molar-refractivity contribution in [3.8, 4) is 0 Å². The number of aryl methyl sites for hydroxylation is 2. The zero-order valence-corrected chi connectivity index (χ0v) is 14.5. The van der Waals surface area contributed by atoms with E-state index in [-0.39, 0.29) is 17.8 Å². The van der Waals surface area contributed by atoms with E-state index in [0.29, 0.717) is 0 Å². The summed E-state index contributed by atoms with van der Waals surface area (Å²) in [5, 5.41) is 0. The third kappa shape index (κ3) is 4.31. The monoisotopic (exact) mass is 324 g/mol. The fraction of sp³-hybridized carbons (Fsp3) is 0.647. The predicted octanol–water partition coefficient (Wildman–Crippen LogP) is 2.50. The Bertz CT molecular complexity index is 576. The van der Waals surface area contributed by atoms with Crippen molar-refractivity contribution < 1.29 is 8.42 Å². The molecule has 1 aromatic rings. The van der Waals surface area contributed by atoms with Crippen LogP contribution in [0.25, 0.3) is 0 Å². The molecule has 5 heteroatoms. The standard InChI is InChI=1S/C17H28N2O2S/c1-3-13-8-7-9-14(4-2)15(13)12-22(20,21)19-17-11-6-5-10-16(17)18/h7-9,16-17,19H,3-6,10-12,18H2,1-2H3. The molecule has 0 bridgehead atoms. The first kappa shape index (κ1) is 17.4. The van der Waals surface area contributed by atoms with Crippen molar-refractivity contribution in [3.63, 3.8) is 0 Å². The average Bonchev–Trinajstić information content (AvgIpc) is 2.49. The Hall–Kier alpha value is -0.910. The first-order valence-electron chi connectivity index (χ1n) is 8.32. The molecule has 1 saturated carbocycles. The maximum absolute atomic E-state index is 12.6. The molecule has 0 heterocycles. The van der Waals surface area contributed by atoms with E-state index in [0.717, 1.165) is 55.2 Å². The van der Waals surface area contributed by atoms with Crippen molar-refractivity contribution in [3.05, 3.63) is 34.9 Å². The van der Waals surface area contributed by atoms with Gasteiger partial charge < -0.3 is 5.73 Å². The number of hydrogen-bond donors (Lipinski definition) is 2. The third-order valence-electron chi connectivity index (χ3n) is 4.62. The summed E-state index contributed by atoms with van der Waals surface area (Å²) < 4.78 is 28.0. The highest BCUT2D eigenvalue weighted by Gasteiger charge is 2.27. The van der Waals surface area contributed by atoms with Gasteiger partial charge in [0.15, 0.2) is 0 Å². The maximum atomic E-state index is 12.6. The quantitative estimate of drug-likeness (QED) is 0.844. The average molecular weight is 324 g/mol. The molecule has 22 heavy (non-hydrogen) atoms. The Labute approximate surface area is 134 Å². The first-order valence-corrected chi connectivity index (χ1v) is 9.97. The van der Waals surface area contributed by atoms with Gasteiger partial charge in [0.2, 0.25) is 10.0 Å². The van der Waals surface area contributed by atoms with Crippen LogP contribution in [0.3, 0.4) is 0 Å². The lowest BCUT2D eigenvalue weighted by atomic mass is 9.92. The van der Waals surface area contributed by atoms with Gasteiger partial charge in [0.25, 0.3) is 0 Å². The Morgan fingerprint density at radius 3 is 2.27 bits per heavy atom. The van der Waals surface area contributed by atoms with Crippen LogP contribution in [0.4, 0.5) is 0 Å². The van der Waals surface area contributed by atoms with Gasteiger partial charge in [0, 0.05) is 12.1 Å². The molecule has 124 valence electrons. The van der Waals surface area contributed by atoms with Crippen LogP contribution >= 0.6 is 0 Å². The van der Waals surface area contributed by atoms with Crippen molar-refractivity contribution in [1.82, 2.24) is 4.72 Å². The lowest BCUT2D eigenvalue weighted by molar-refractivity contribution is 0.361. The fourth-order valence-electron chi connectivity index (χ4n) is 3.30. The summed E-state index contributed by atoms with van der Waals surface area (Å²) in [6.45, 7) is 4.13. The fourth-order valence-corrected chi connectivity index (χ4v) is 4.89. The minimum atomic E-state index is -3.36. The van der Waals surface area contributed by atoms with Crippen LogP contribution in [-0.2, 0) is 28.6 Å². The number of rotatable bonds is 6. The van der Waals surface area contributed by atoms with E-state index in [1.807, 2.05) is 18.2 Å². The predicted molar refractivity (Wildman–Crippen MR) is 91.2 cm³/mol. The highest BCUT2D eigenvalue weighted by Crippen LogP contribution is 2.21. The SMILES string of the molecule is CCc1cccc(CC)c1CS(=O)(=O)NC1CCCCC1N. The van der Waals surface area contributed by atoms with E-state index in [1.54, 1.807) is 0 Å². The molecule has 0 aromatic heterocycles. The van der Waals surface area contributed by atoms with Crippen LogP contribution in [0.15, 0.2) is 18.2 Å². The Balaban J connectivity index is 2.18. The Morgan fingerprint density at radius 1 is 1.14 bits per heavy atom. The molecule has 0 aliphatic heterocycles. The minimum absolute atomic E-state index is 0.0589. The normalized spacial score (nSPS) is 22.7. The van der Waals surface area contributed by atoms with Crippen LogP contribution < -0.4 is 10.5 Å². The van der Waals surface area contributed by atoms with Crippen molar-refractivity contribution in [2.75, 3.05) is 0 Å². The van der Waals surface area contributed by atoms with E-state index in [9.17, 15) is 8.42 Å².